The van der Waals surface area contributed by atoms with E-state index in [1.807, 2.05) is 44.2 Å². The van der Waals surface area contributed by atoms with Gasteiger partial charge in [-0.25, -0.2) is 4.79 Å². The van der Waals surface area contributed by atoms with E-state index < -0.39 is 18.1 Å². The van der Waals surface area contributed by atoms with Crippen LogP contribution in [-0.2, 0) is 25.5 Å². The van der Waals surface area contributed by atoms with E-state index >= 15 is 0 Å². The van der Waals surface area contributed by atoms with E-state index in [0.29, 0.717) is 19.3 Å². The summed E-state index contributed by atoms with van der Waals surface area (Å²) >= 11 is 0. The molecule has 0 unspecified atom stereocenters. The monoisotopic (exact) mass is 362 g/mol. The maximum atomic E-state index is 12.6. The third-order valence-electron chi connectivity index (χ3n) is 3.85. The summed E-state index contributed by atoms with van der Waals surface area (Å²) in [4.78, 5) is 36.2. The lowest BCUT2D eigenvalue weighted by Crippen LogP contribution is -2.52. The molecule has 2 N–H and O–H groups in total. The Morgan fingerprint density at radius 1 is 1.04 bits per heavy atom. The predicted octanol–water partition coefficient (Wildman–Crippen LogP) is 2.22. The Morgan fingerprint density at radius 3 is 2.23 bits per heavy atom. The molecule has 0 aliphatic carbocycles. The molecule has 0 spiro atoms. The van der Waals surface area contributed by atoms with Crippen molar-refractivity contribution in [1.82, 2.24) is 10.6 Å². The van der Waals surface area contributed by atoms with Crippen molar-refractivity contribution < 1.29 is 19.1 Å². The van der Waals surface area contributed by atoms with Crippen LogP contribution in [0.3, 0.4) is 0 Å². The molecule has 0 aliphatic heterocycles. The summed E-state index contributed by atoms with van der Waals surface area (Å²) in [6.45, 7) is 7.30. The highest BCUT2D eigenvalue weighted by Crippen LogP contribution is 2.09. The molecule has 0 bridgehead atoms. The number of amides is 2. The van der Waals surface area contributed by atoms with E-state index in [-0.39, 0.29) is 24.3 Å². The van der Waals surface area contributed by atoms with Crippen molar-refractivity contribution in [2.24, 2.45) is 5.92 Å². The molecule has 1 aromatic carbocycles. The Bertz CT molecular complexity index is 587. The van der Waals surface area contributed by atoms with Gasteiger partial charge in [0.25, 0.3) is 0 Å². The quantitative estimate of drug-likeness (QED) is 0.625. The summed E-state index contributed by atoms with van der Waals surface area (Å²) in [6, 6.07) is 8.34. The van der Waals surface area contributed by atoms with Crippen molar-refractivity contribution in [3.8, 4) is 0 Å². The van der Waals surface area contributed by atoms with Crippen LogP contribution in [0.1, 0.15) is 46.1 Å². The van der Waals surface area contributed by atoms with Crippen LogP contribution in [-0.4, -0.2) is 36.5 Å². The largest absolute Gasteiger partial charge is 0.464 e. The highest BCUT2D eigenvalue weighted by molar-refractivity contribution is 5.90. The Kier molecular flexibility index (Phi) is 9.41. The van der Waals surface area contributed by atoms with Crippen molar-refractivity contribution >= 4 is 17.8 Å². The molecular weight excluding hydrogens is 332 g/mol. The van der Waals surface area contributed by atoms with Gasteiger partial charge in [0.2, 0.25) is 11.8 Å². The average molecular weight is 362 g/mol. The van der Waals surface area contributed by atoms with E-state index in [9.17, 15) is 14.4 Å². The molecular formula is C20H30N2O4. The Balaban J connectivity index is 2.79. The van der Waals surface area contributed by atoms with Crippen LogP contribution >= 0.6 is 0 Å². The highest BCUT2D eigenvalue weighted by atomic mass is 16.5. The minimum absolute atomic E-state index is 0.225. The molecule has 0 fully saturated rings. The first-order chi connectivity index (χ1) is 12.3. The molecule has 0 aromatic heterocycles. The number of rotatable bonds is 10. The molecule has 1 aromatic rings. The Hall–Kier alpha value is -2.37. The zero-order chi connectivity index (χ0) is 19.5. The fourth-order valence-corrected chi connectivity index (χ4v) is 2.67. The SMILES string of the molecule is CCOC(=O)[C@H](CCc1ccccc1)NC(=O)[C@@H](CC(C)C)NC(C)=O. The standard InChI is InChI=1S/C20H30N2O4/c1-5-26-20(25)17(12-11-16-9-7-6-8-10-16)22-19(24)18(13-14(2)3)21-15(4)23/h6-10,14,17-18H,5,11-13H2,1-4H3,(H,21,23)(H,22,24)/t17-,18+/m0/s1. The van der Waals surface area contributed by atoms with Gasteiger partial charge >= 0.3 is 5.97 Å². The van der Waals surface area contributed by atoms with Crippen molar-refractivity contribution in [3.05, 3.63) is 35.9 Å². The Labute approximate surface area is 155 Å². The number of carbonyl (C=O) groups excluding carboxylic acids is 3. The lowest BCUT2D eigenvalue weighted by molar-refractivity contribution is -0.147. The molecule has 144 valence electrons. The summed E-state index contributed by atoms with van der Waals surface area (Å²) in [5.74, 6) is -0.867. The van der Waals surface area contributed by atoms with E-state index in [0.717, 1.165) is 5.56 Å². The maximum Gasteiger partial charge on any atom is 0.328 e. The second-order valence-corrected chi connectivity index (χ2v) is 6.72. The first-order valence-corrected chi connectivity index (χ1v) is 9.11. The first kappa shape index (κ1) is 21.7. The first-order valence-electron chi connectivity index (χ1n) is 9.11. The third-order valence-corrected chi connectivity index (χ3v) is 3.85. The number of nitrogens with one attached hydrogen (secondary N) is 2. The minimum Gasteiger partial charge on any atom is -0.464 e. The van der Waals surface area contributed by atoms with Crippen LogP contribution in [0.15, 0.2) is 30.3 Å². The average Bonchev–Trinajstić information content (AvgIpc) is 2.58. The smallest absolute Gasteiger partial charge is 0.328 e. The van der Waals surface area contributed by atoms with Gasteiger partial charge in [0.1, 0.15) is 12.1 Å². The van der Waals surface area contributed by atoms with E-state index in [2.05, 4.69) is 10.6 Å². The number of carbonyl (C=O) groups is 3. The summed E-state index contributed by atoms with van der Waals surface area (Å²) in [5.41, 5.74) is 1.08. The summed E-state index contributed by atoms with van der Waals surface area (Å²) < 4.78 is 5.09. The van der Waals surface area contributed by atoms with Gasteiger partial charge in [-0.3, -0.25) is 9.59 Å². The van der Waals surface area contributed by atoms with Crippen LogP contribution in [0, 0.1) is 5.92 Å². The van der Waals surface area contributed by atoms with E-state index in [4.69, 9.17) is 4.74 Å². The Morgan fingerprint density at radius 2 is 1.69 bits per heavy atom. The summed E-state index contributed by atoms with van der Waals surface area (Å²) in [7, 11) is 0. The van der Waals surface area contributed by atoms with Crippen LogP contribution in [0.5, 0.6) is 0 Å². The molecule has 0 radical (unpaired) electrons. The number of ether oxygens (including phenoxy) is 1. The molecule has 26 heavy (non-hydrogen) atoms. The zero-order valence-electron chi connectivity index (χ0n) is 16.1. The van der Waals surface area contributed by atoms with Gasteiger partial charge in [-0.05, 0) is 37.7 Å². The number of hydrogen-bond acceptors (Lipinski definition) is 4. The second-order valence-electron chi connectivity index (χ2n) is 6.72. The van der Waals surface area contributed by atoms with Gasteiger partial charge in [0.05, 0.1) is 6.61 Å². The van der Waals surface area contributed by atoms with Gasteiger partial charge in [0, 0.05) is 6.92 Å². The number of aryl methyl sites for hydroxylation is 1. The molecule has 2 amide bonds. The normalized spacial score (nSPS) is 13.0. The predicted molar refractivity (Wildman–Crippen MR) is 100 cm³/mol. The molecule has 0 saturated heterocycles. The van der Waals surface area contributed by atoms with Crippen molar-refractivity contribution in [1.29, 1.82) is 0 Å². The maximum absolute atomic E-state index is 12.6. The van der Waals surface area contributed by atoms with Gasteiger partial charge in [0.15, 0.2) is 0 Å². The van der Waals surface area contributed by atoms with Crippen molar-refractivity contribution in [3.63, 3.8) is 0 Å². The van der Waals surface area contributed by atoms with Crippen LogP contribution in [0.4, 0.5) is 0 Å². The van der Waals surface area contributed by atoms with E-state index in [1.165, 1.54) is 6.92 Å². The van der Waals surface area contributed by atoms with E-state index in [1.54, 1.807) is 6.92 Å². The third kappa shape index (κ3) is 8.14. The summed E-state index contributed by atoms with van der Waals surface area (Å²) in [5, 5.41) is 5.41. The lowest BCUT2D eigenvalue weighted by Gasteiger charge is -2.23. The molecule has 0 saturated carbocycles. The highest BCUT2D eigenvalue weighted by Gasteiger charge is 2.27. The fraction of sp³-hybridized carbons (Fsp3) is 0.550. The van der Waals surface area contributed by atoms with Gasteiger partial charge in [-0.15, -0.1) is 0 Å². The summed E-state index contributed by atoms with van der Waals surface area (Å²) in [6.07, 6.45) is 1.57. The molecule has 2 atom stereocenters. The topological polar surface area (TPSA) is 84.5 Å². The van der Waals surface area contributed by atoms with Gasteiger partial charge < -0.3 is 15.4 Å². The zero-order valence-corrected chi connectivity index (χ0v) is 16.1. The fourth-order valence-electron chi connectivity index (χ4n) is 2.67. The van der Waals surface area contributed by atoms with Crippen LogP contribution in [0.25, 0.3) is 0 Å². The molecule has 0 aliphatic rings. The molecule has 1 rings (SSSR count). The number of esters is 1. The van der Waals surface area contributed by atoms with Crippen LogP contribution in [0.2, 0.25) is 0 Å². The number of hydrogen-bond donors (Lipinski definition) is 2. The molecule has 6 nitrogen and oxygen atoms in total. The second kappa shape index (κ2) is 11.3. The number of benzene rings is 1. The molecule has 6 heteroatoms. The minimum atomic E-state index is -0.744. The lowest BCUT2D eigenvalue weighted by atomic mass is 10.0. The van der Waals surface area contributed by atoms with Gasteiger partial charge in [-0.1, -0.05) is 44.2 Å². The van der Waals surface area contributed by atoms with Gasteiger partial charge in [-0.2, -0.15) is 0 Å². The van der Waals surface area contributed by atoms with Crippen molar-refractivity contribution in [2.75, 3.05) is 6.61 Å². The van der Waals surface area contributed by atoms with Crippen LogP contribution < -0.4 is 10.6 Å². The van der Waals surface area contributed by atoms with Crippen molar-refractivity contribution in [2.45, 2.75) is 59.0 Å². The molecule has 0 heterocycles.